The highest BCUT2D eigenvalue weighted by Crippen LogP contribution is 2.61. The van der Waals surface area contributed by atoms with Gasteiger partial charge in [-0.05, 0) is 60.5 Å². The summed E-state index contributed by atoms with van der Waals surface area (Å²) in [6.07, 6.45) is -20.6. The third-order valence-electron chi connectivity index (χ3n) is 13.4. The molecule has 2 aromatic rings. The summed E-state index contributed by atoms with van der Waals surface area (Å²) in [5.41, 5.74) is -0.307. The number of esters is 2. The average molecular weight is 1010 g/mol. The van der Waals surface area contributed by atoms with Crippen LogP contribution in [0.4, 0.5) is 0 Å². The molecule has 0 radical (unpaired) electrons. The highest BCUT2D eigenvalue weighted by atomic mass is 16.8. The molecule has 21 atom stereocenters. The van der Waals surface area contributed by atoms with Gasteiger partial charge in [0.2, 0.25) is 6.29 Å². The molecule has 0 spiro atoms. The normalized spacial score (nSPS) is 40.7. The predicted molar refractivity (Wildman–Crippen MR) is 234 cm³/mol. The molecule has 0 unspecified atom stereocenters. The molecule has 0 aromatic heterocycles. The SMILES string of the molecule is COc1ccc(C=CC(=O)O[C@@H]2[C@@H](O[C@@H]3O[C@H](COC(=O)C=Cc4ccc(O)c(OC)c4)[C@@H](O)[C@H](O)[C@H]3O)[C@@H](O)[C@H](O[C@H]3[C@@H]4C=CO[C@@H](O[C@@H]5O[C@H](CO)[C@@H](O)[C@H](O)[C@H]5O)[C@@H]4[C@@]4(CO)O[C@@H]34)O[C@H]2C)cc1. The summed E-state index contributed by atoms with van der Waals surface area (Å²) in [7, 11) is 2.86. The van der Waals surface area contributed by atoms with Crippen LogP contribution in [0.25, 0.3) is 12.2 Å². The van der Waals surface area contributed by atoms with Crippen LogP contribution in [-0.2, 0) is 57.0 Å². The minimum absolute atomic E-state index is 0.120. The largest absolute Gasteiger partial charge is 0.504 e. The summed E-state index contributed by atoms with van der Waals surface area (Å²) >= 11 is 0. The van der Waals surface area contributed by atoms with E-state index in [0.717, 1.165) is 12.2 Å². The van der Waals surface area contributed by atoms with Gasteiger partial charge in [-0.2, -0.15) is 0 Å². The van der Waals surface area contributed by atoms with E-state index in [1.807, 2.05) is 0 Å². The summed E-state index contributed by atoms with van der Waals surface area (Å²) in [6, 6.07) is 11.1. The molecule has 4 saturated heterocycles. The van der Waals surface area contributed by atoms with Gasteiger partial charge in [-0.1, -0.05) is 18.2 Å². The van der Waals surface area contributed by atoms with Crippen LogP contribution in [-0.4, -0.2) is 213 Å². The second-order valence-corrected chi connectivity index (χ2v) is 17.7. The van der Waals surface area contributed by atoms with Gasteiger partial charge in [0.05, 0.1) is 51.8 Å². The minimum Gasteiger partial charge on any atom is -0.504 e. The van der Waals surface area contributed by atoms with Crippen molar-refractivity contribution in [2.45, 2.75) is 123 Å². The van der Waals surface area contributed by atoms with Crippen LogP contribution in [0.2, 0.25) is 0 Å². The molecular weight excluding hydrogens is 948 g/mol. The van der Waals surface area contributed by atoms with Gasteiger partial charge in [0, 0.05) is 18.1 Å². The first kappa shape index (κ1) is 52.5. The van der Waals surface area contributed by atoms with E-state index in [4.69, 9.17) is 56.8 Å². The molecule has 0 amide bonds. The Hall–Kier alpha value is -4.84. The molecule has 0 bridgehead atoms. The Kier molecular flexibility index (Phi) is 16.3. The number of fused-ring (bicyclic) bond motifs is 3. The van der Waals surface area contributed by atoms with E-state index in [1.165, 1.54) is 57.8 Å². The minimum atomic E-state index is -1.99. The molecule has 5 fully saturated rings. The fraction of sp³-hybridized carbons (Fsp3) is 0.574. The summed E-state index contributed by atoms with van der Waals surface area (Å²) in [5.74, 6) is -2.83. The molecule has 5 aliphatic heterocycles. The van der Waals surface area contributed by atoms with Crippen molar-refractivity contribution in [3.63, 3.8) is 0 Å². The smallest absolute Gasteiger partial charge is 0.331 e. The third-order valence-corrected chi connectivity index (χ3v) is 13.4. The van der Waals surface area contributed by atoms with Crippen molar-refractivity contribution in [2.24, 2.45) is 11.8 Å². The van der Waals surface area contributed by atoms with Crippen LogP contribution in [0.3, 0.4) is 0 Å². The maximum atomic E-state index is 13.4. The van der Waals surface area contributed by atoms with E-state index in [1.54, 1.807) is 30.3 Å². The number of benzene rings is 2. The number of epoxide rings is 1. The standard InChI is InChI=1S/C47H58O24/c1-20-39(67-30(52)13-7-21-4-9-23(60-2)10-5-21)41(69-44-36(57)35(56)33(54)28(66-44)18-63-29(51)12-8-22-6-11-25(50)26(16-22)61-3)38(59)46(64-20)68-40-24-14-15-62-43(31(24)47(19-49)42(40)71-47)70-45-37(58)34(55)32(53)27(17-48)65-45/h4-16,20,24,27-28,31-46,48-50,53-59H,17-19H2,1-3H3/t20-,24+,27+,28+,31+,32+,33+,34-,35-,36+,37+,38+,39-,40-,41-,42-,43-,44-,45-,46-,47+/m0/s1. The number of aliphatic hydroxyl groups is 9. The maximum absolute atomic E-state index is 13.4. The Bertz CT molecular complexity index is 2240. The first-order chi connectivity index (χ1) is 34.0. The number of aromatic hydroxyl groups is 1. The Morgan fingerprint density at radius 3 is 1.97 bits per heavy atom. The monoisotopic (exact) mass is 1010 g/mol. The molecule has 10 N–H and O–H groups in total. The van der Waals surface area contributed by atoms with Gasteiger partial charge in [-0.25, -0.2) is 9.59 Å². The maximum Gasteiger partial charge on any atom is 0.331 e. The van der Waals surface area contributed by atoms with Gasteiger partial charge in [-0.3, -0.25) is 0 Å². The molecule has 1 aliphatic carbocycles. The van der Waals surface area contributed by atoms with Crippen LogP contribution >= 0.6 is 0 Å². The van der Waals surface area contributed by atoms with E-state index in [9.17, 15) is 60.7 Å². The molecule has 24 nitrogen and oxygen atoms in total. The van der Waals surface area contributed by atoms with Crippen LogP contribution in [0.5, 0.6) is 17.2 Å². The molecule has 8 rings (SSSR count). The Morgan fingerprint density at radius 2 is 1.30 bits per heavy atom. The van der Waals surface area contributed by atoms with Crippen molar-refractivity contribution in [3.05, 3.63) is 78.1 Å². The van der Waals surface area contributed by atoms with Gasteiger partial charge in [0.15, 0.2) is 36.5 Å². The average Bonchev–Trinajstić information content (AvgIpc) is 4.05. The molecule has 71 heavy (non-hydrogen) atoms. The van der Waals surface area contributed by atoms with E-state index in [-0.39, 0.29) is 11.5 Å². The molecule has 2 aromatic carbocycles. The molecule has 24 heteroatoms. The lowest BCUT2D eigenvalue weighted by Crippen LogP contribution is -2.65. The van der Waals surface area contributed by atoms with Crippen molar-refractivity contribution < 1.29 is 117 Å². The number of methoxy groups -OCH3 is 2. The zero-order chi connectivity index (χ0) is 50.9. The van der Waals surface area contributed by atoms with Crippen molar-refractivity contribution in [2.75, 3.05) is 34.0 Å². The predicted octanol–water partition coefficient (Wildman–Crippen LogP) is -2.66. The van der Waals surface area contributed by atoms with E-state index >= 15 is 0 Å². The highest BCUT2D eigenvalue weighted by molar-refractivity contribution is 5.87. The van der Waals surface area contributed by atoms with Crippen molar-refractivity contribution in [1.82, 2.24) is 0 Å². The number of rotatable bonds is 17. The van der Waals surface area contributed by atoms with Gasteiger partial charge in [-0.15, -0.1) is 0 Å². The third kappa shape index (κ3) is 10.8. The van der Waals surface area contributed by atoms with E-state index in [0.29, 0.717) is 16.9 Å². The number of aliphatic hydroxyl groups excluding tert-OH is 9. The van der Waals surface area contributed by atoms with Crippen LogP contribution in [0, 0.1) is 11.8 Å². The lowest BCUT2D eigenvalue weighted by atomic mass is 9.85. The molecule has 6 aliphatic rings. The summed E-state index contributed by atoms with van der Waals surface area (Å²) in [6.45, 7) is -0.503. The van der Waals surface area contributed by atoms with Gasteiger partial charge in [0.1, 0.15) is 85.1 Å². The molecule has 390 valence electrons. The first-order valence-corrected chi connectivity index (χ1v) is 22.7. The quantitative estimate of drug-likeness (QED) is 0.0439. The number of ether oxygens (including phenoxy) is 12. The number of phenolic OH excluding ortho intramolecular Hbond substituents is 1. The second-order valence-electron chi connectivity index (χ2n) is 17.7. The van der Waals surface area contributed by atoms with Crippen molar-refractivity contribution >= 4 is 24.1 Å². The summed E-state index contributed by atoms with van der Waals surface area (Å²) in [4.78, 5) is 26.2. The highest BCUT2D eigenvalue weighted by Gasteiger charge is 2.77. The number of carbonyl (C=O) groups excluding carboxylic acids is 2. The molecule has 1 saturated carbocycles. The number of phenols is 1. The molecular formula is C47H58O24. The number of hydrogen-bond acceptors (Lipinski definition) is 24. The van der Waals surface area contributed by atoms with Gasteiger partial charge in [0.25, 0.3) is 0 Å². The fourth-order valence-corrected chi connectivity index (χ4v) is 9.43. The first-order valence-electron chi connectivity index (χ1n) is 22.7. The number of hydrogen-bond donors (Lipinski definition) is 10. The lowest BCUT2D eigenvalue weighted by molar-refractivity contribution is -0.364. The Labute approximate surface area is 405 Å². The van der Waals surface area contributed by atoms with Crippen LogP contribution < -0.4 is 9.47 Å². The summed E-state index contributed by atoms with van der Waals surface area (Å²) in [5, 5.41) is 107. The van der Waals surface area contributed by atoms with E-state index in [2.05, 4.69) is 0 Å². The summed E-state index contributed by atoms with van der Waals surface area (Å²) < 4.78 is 69.3. The number of carbonyl (C=O) groups is 2. The van der Waals surface area contributed by atoms with Gasteiger partial charge >= 0.3 is 11.9 Å². The lowest BCUT2D eigenvalue weighted by Gasteiger charge is -2.47. The Balaban J connectivity index is 0.999. The topological polar surface area (TPSA) is 350 Å². The van der Waals surface area contributed by atoms with Crippen molar-refractivity contribution in [3.8, 4) is 17.2 Å². The second kappa shape index (κ2) is 22.1. The Morgan fingerprint density at radius 1 is 0.676 bits per heavy atom. The van der Waals surface area contributed by atoms with Crippen LogP contribution in [0.1, 0.15) is 18.1 Å². The zero-order valence-electron chi connectivity index (χ0n) is 38.4. The fourth-order valence-electron chi connectivity index (χ4n) is 9.43. The van der Waals surface area contributed by atoms with Crippen LogP contribution in [0.15, 0.2) is 67.0 Å². The zero-order valence-corrected chi connectivity index (χ0v) is 38.4. The van der Waals surface area contributed by atoms with E-state index < -0.39 is 160 Å². The van der Waals surface area contributed by atoms with Crippen molar-refractivity contribution in [1.29, 1.82) is 0 Å². The molecule has 5 heterocycles. The van der Waals surface area contributed by atoms with Gasteiger partial charge < -0.3 is 108 Å².